The second kappa shape index (κ2) is 12.0. The summed E-state index contributed by atoms with van der Waals surface area (Å²) in [5.74, 6) is -1.59. The first-order valence-corrected chi connectivity index (χ1v) is 9.30. The molecule has 8 heteroatoms. The minimum Gasteiger partial charge on any atom is -0.399 e. The third kappa shape index (κ3) is 7.46. The van der Waals surface area contributed by atoms with Gasteiger partial charge in [0.15, 0.2) is 11.6 Å². The number of benzene rings is 2. The quantitative estimate of drug-likeness (QED) is 0.657. The number of anilines is 1. The Balaban J connectivity index is 0.00000210. The van der Waals surface area contributed by atoms with Gasteiger partial charge in [-0.1, -0.05) is 24.3 Å². The number of likely N-dealkylation sites (tertiary alicyclic amines) is 1. The largest absolute Gasteiger partial charge is 0.399 e. The van der Waals surface area contributed by atoms with Crippen molar-refractivity contribution in [3.05, 3.63) is 65.2 Å². The molecular weight excluding hydrogens is 419 g/mol. The number of para-hydroxylation sites is 1. The van der Waals surface area contributed by atoms with Crippen molar-refractivity contribution in [2.45, 2.75) is 38.3 Å². The monoisotopic (exact) mass is 445 g/mol. The maximum Gasteiger partial charge on any atom is 0.220 e. The molecular formula is C21H27Cl2F2N3O. The highest BCUT2D eigenvalue weighted by atomic mass is 35.5. The number of piperidine rings is 1. The van der Waals surface area contributed by atoms with Crippen molar-refractivity contribution in [3.8, 4) is 0 Å². The molecule has 1 amide bonds. The molecule has 0 saturated carbocycles. The van der Waals surface area contributed by atoms with Crippen LogP contribution in [-0.2, 0) is 17.8 Å². The smallest absolute Gasteiger partial charge is 0.220 e. The summed E-state index contributed by atoms with van der Waals surface area (Å²) in [6, 6.07) is 11.8. The van der Waals surface area contributed by atoms with Gasteiger partial charge >= 0.3 is 0 Å². The summed E-state index contributed by atoms with van der Waals surface area (Å²) in [5.41, 5.74) is 8.38. The highest BCUT2D eigenvalue weighted by Gasteiger charge is 2.21. The van der Waals surface area contributed by atoms with Crippen LogP contribution in [0.1, 0.15) is 30.4 Å². The lowest BCUT2D eigenvalue weighted by Crippen LogP contribution is -2.44. The van der Waals surface area contributed by atoms with Crippen LogP contribution in [0.4, 0.5) is 14.5 Å². The normalized spacial score (nSPS) is 14.6. The van der Waals surface area contributed by atoms with E-state index in [9.17, 15) is 13.6 Å². The average Bonchev–Trinajstić information content (AvgIpc) is 2.66. The predicted octanol–water partition coefficient (Wildman–Crippen LogP) is 4.10. The second-order valence-corrected chi connectivity index (χ2v) is 7.07. The number of nitrogen functional groups attached to an aromatic ring is 1. The standard InChI is InChI=1S/C21H25F2N3O.2ClH/c22-18-7-5-15(13-19(18)23)14-26-11-9-17(10-12-26)25-21(27)8-6-16-3-1-2-4-20(16)24;;/h1-5,7,13,17H,6,8-12,14,24H2,(H,25,27);2*1H. The Kier molecular flexibility index (Phi) is 10.4. The number of nitrogens with two attached hydrogens (primary N) is 1. The van der Waals surface area contributed by atoms with Gasteiger partial charge < -0.3 is 11.1 Å². The van der Waals surface area contributed by atoms with Gasteiger partial charge in [0, 0.05) is 37.8 Å². The average molecular weight is 446 g/mol. The van der Waals surface area contributed by atoms with Gasteiger partial charge in [0.1, 0.15) is 0 Å². The van der Waals surface area contributed by atoms with Gasteiger partial charge in [-0.05, 0) is 48.6 Å². The van der Waals surface area contributed by atoms with Gasteiger partial charge in [-0.3, -0.25) is 9.69 Å². The van der Waals surface area contributed by atoms with Crippen LogP contribution < -0.4 is 11.1 Å². The molecule has 3 rings (SSSR count). The Hall–Kier alpha value is -1.89. The van der Waals surface area contributed by atoms with E-state index in [1.54, 1.807) is 6.07 Å². The fourth-order valence-corrected chi connectivity index (χ4v) is 3.44. The van der Waals surface area contributed by atoms with Gasteiger partial charge in [0.05, 0.1) is 0 Å². The van der Waals surface area contributed by atoms with Gasteiger partial charge in [-0.15, -0.1) is 24.8 Å². The molecule has 1 heterocycles. The number of aryl methyl sites for hydroxylation is 1. The number of halogens is 4. The zero-order chi connectivity index (χ0) is 19.2. The Morgan fingerprint density at radius 1 is 1.07 bits per heavy atom. The summed E-state index contributed by atoms with van der Waals surface area (Å²) in [7, 11) is 0. The van der Waals surface area contributed by atoms with Crippen molar-refractivity contribution in [2.75, 3.05) is 18.8 Å². The van der Waals surface area contributed by atoms with E-state index in [-0.39, 0.29) is 36.8 Å². The number of nitrogens with one attached hydrogen (secondary N) is 1. The Morgan fingerprint density at radius 3 is 2.41 bits per heavy atom. The lowest BCUT2D eigenvalue weighted by Gasteiger charge is -2.32. The summed E-state index contributed by atoms with van der Waals surface area (Å²) in [4.78, 5) is 14.4. The van der Waals surface area contributed by atoms with E-state index in [0.717, 1.165) is 48.8 Å². The van der Waals surface area contributed by atoms with Crippen LogP contribution >= 0.6 is 24.8 Å². The molecule has 160 valence electrons. The van der Waals surface area contributed by atoms with Crippen LogP contribution in [-0.4, -0.2) is 29.9 Å². The molecule has 1 aliphatic rings. The molecule has 3 N–H and O–H groups in total. The second-order valence-electron chi connectivity index (χ2n) is 7.07. The van der Waals surface area contributed by atoms with Crippen LogP contribution in [0, 0.1) is 11.6 Å². The summed E-state index contributed by atoms with van der Waals surface area (Å²) >= 11 is 0. The molecule has 4 nitrogen and oxygen atoms in total. The van der Waals surface area contributed by atoms with Gasteiger partial charge in [0.2, 0.25) is 5.91 Å². The molecule has 2 aromatic carbocycles. The maximum atomic E-state index is 13.3. The lowest BCUT2D eigenvalue weighted by atomic mass is 10.0. The van der Waals surface area contributed by atoms with Gasteiger partial charge in [-0.2, -0.15) is 0 Å². The van der Waals surface area contributed by atoms with E-state index in [0.29, 0.717) is 19.4 Å². The molecule has 1 saturated heterocycles. The van der Waals surface area contributed by atoms with E-state index in [4.69, 9.17) is 5.73 Å². The van der Waals surface area contributed by atoms with E-state index in [1.807, 2.05) is 24.3 Å². The Bertz CT molecular complexity index is 799. The number of hydrogen-bond acceptors (Lipinski definition) is 3. The number of rotatable bonds is 6. The Labute approximate surface area is 182 Å². The summed E-state index contributed by atoms with van der Waals surface area (Å²) in [5, 5.41) is 3.09. The van der Waals surface area contributed by atoms with Gasteiger partial charge in [0.25, 0.3) is 0 Å². The molecule has 0 atom stereocenters. The molecule has 0 bridgehead atoms. The highest BCUT2D eigenvalue weighted by molar-refractivity contribution is 5.85. The molecule has 1 aliphatic heterocycles. The SMILES string of the molecule is Cl.Cl.Nc1ccccc1CCC(=O)NC1CCN(Cc2ccc(F)c(F)c2)CC1. The molecule has 0 radical (unpaired) electrons. The van der Waals surface area contributed by atoms with E-state index >= 15 is 0 Å². The van der Waals surface area contributed by atoms with Crippen LogP contribution in [0.25, 0.3) is 0 Å². The van der Waals surface area contributed by atoms with E-state index in [2.05, 4.69) is 10.2 Å². The zero-order valence-electron chi connectivity index (χ0n) is 16.1. The number of carbonyl (C=O) groups excluding carboxylic acids is 1. The third-order valence-corrected chi connectivity index (χ3v) is 5.02. The number of hydrogen-bond donors (Lipinski definition) is 2. The molecule has 0 aliphatic carbocycles. The van der Waals surface area contributed by atoms with Crippen molar-refractivity contribution in [2.24, 2.45) is 0 Å². The molecule has 1 fully saturated rings. The predicted molar refractivity (Wildman–Crippen MR) is 116 cm³/mol. The summed E-state index contributed by atoms with van der Waals surface area (Å²) in [6.07, 6.45) is 2.75. The first-order valence-electron chi connectivity index (χ1n) is 9.30. The Morgan fingerprint density at radius 2 is 1.76 bits per heavy atom. The van der Waals surface area contributed by atoms with Gasteiger partial charge in [-0.25, -0.2) is 8.78 Å². The number of nitrogens with zero attached hydrogens (tertiary/aromatic N) is 1. The van der Waals surface area contributed by atoms with Crippen molar-refractivity contribution < 1.29 is 13.6 Å². The van der Waals surface area contributed by atoms with Crippen molar-refractivity contribution in [1.82, 2.24) is 10.2 Å². The lowest BCUT2D eigenvalue weighted by molar-refractivity contribution is -0.122. The first-order chi connectivity index (χ1) is 13.0. The molecule has 2 aromatic rings. The number of carbonyl (C=O) groups is 1. The highest BCUT2D eigenvalue weighted by Crippen LogP contribution is 2.17. The first kappa shape index (κ1) is 25.1. The molecule has 0 spiro atoms. The van der Waals surface area contributed by atoms with Crippen LogP contribution in [0.5, 0.6) is 0 Å². The van der Waals surface area contributed by atoms with Crippen LogP contribution in [0.2, 0.25) is 0 Å². The van der Waals surface area contributed by atoms with Crippen LogP contribution in [0.3, 0.4) is 0 Å². The molecule has 29 heavy (non-hydrogen) atoms. The third-order valence-electron chi connectivity index (χ3n) is 5.02. The summed E-state index contributed by atoms with van der Waals surface area (Å²) < 4.78 is 26.3. The zero-order valence-corrected chi connectivity index (χ0v) is 17.7. The minimum atomic E-state index is -0.822. The fraction of sp³-hybridized carbons (Fsp3) is 0.381. The molecule has 0 unspecified atom stereocenters. The maximum absolute atomic E-state index is 13.3. The van der Waals surface area contributed by atoms with E-state index in [1.165, 1.54) is 6.07 Å². The van der Waals surface area contributed by atoms with Crippen molar-refractivity contribution >= 4 is 36.4 Å². The summed E-state index contributed by atoms with van der Waals surface area (Å²) in [6.45, 7) is 2.22. The number of amides is 1. The van der Waals surface area contributed by atoms with Crippen LogP contribution in [0.15, 0.2) is 42.5 Å². The topological polar surface area (TPSA) is 58.4 Å². The minimum absolute atomic E-state index is 0. The molecule has 0 aromatic heterocycles. The van der Waals surface area contributed by atoms with Crippen molar-refractivity contribution in [3.63, 3.8) is 0 Å². The fourth-order valence-electron chi connectivity index (χ4n) is 3.44. The van der Waals surface area contributed by atoms with Crippen molar-refractivity contribution in [1.29, 1.82) is 0 Å². The van der Waals surface area contributed by atoms with E-state index < -0.39 is 11.6 Å².